The van der Waals surface area contributed by atoms with Crippen LogP contribution < -0.4 is 5.32 Å². The smallest absolute Gasteiger partial charge is 0.317 e. The number of piperidine rings is 1. The Kier molecular flexibility index (Phi) is 4.07. The van der Waals surface area contributed by atoms with Crippen molar-refractivity contribution in [1.29, 1.82) is 0 Å². The first kappa shape index (κ1) is 15.9. The van der Waals surface area contributed by atoms with Crippen molar-refractivity contribution >= 4 is 23.0 Å². The molecular weight excluding hydrogens is 318 g/mol. The Balaban J connectivity index is 1.42. The standard InChI is InChI=1S/C18H23N5O2/c1-13(23-12-20-15-4-2-3-5-16(15)23)17(24)21-9-6-14(7-10-21)22-11-8-19-18(22)25/h2-5,12-14H,6-11H2,1H3,(H,19,25)/t13-/m0/s1. The van der Waals surface area contributed by atoms with E-state index in [0.29, 0.717) is 13.1 Å². The lowest BCUT2D eigenvalue weighted by molar-refractivity contribution is -0.135. The topological polar surface area (TPSA) is 70.5 Å². The number of amides is 3. The number of para-hydroxylation sites is 2. The van der Waals surface area contributed by atoms with E-state index in [1.165, 1.54) is 0 Å². The van der Waals surface area contributed by atoms with Crippen LogP contribution in [0.3, 0.4) is 0 Å². The highest BCUT2D eigenvalue weighted by molar-refractivity contribution is 5.83. The number of carbonyl (C=O) groups excluding carboxylic acids is 2. The molecule has 4 rings (SSSR count). The van der Waals surface area contributed by atoms with E-state index in [9.17, 15) is 9.59 Å². The molecule has 2 aliphatic rings. The fraction of sp³-hybridized carbons (Fsp3) is 0.500. The second-order valence-electron chi connectivity index (χ2n) is 6.80. The van der Waals surface area contributed by atoms with Gasteiger partial charge in [-0.05, 0) is 31.9 Å². The maximum atomic E-state index is 12.9. The molecule has 0 aliphatic carbocycles. The number of nitrogens with one attached hydrogen (secondary N) is 1. The number of benzene rings is 1. The number of hydrogen-bond acceptors (Lipinski definition) is 3. The van der Waals surface area contributed by atoms with E-state index in [2.05, 4.69) is 10.3 Å². The van der Waals surface area contributed by atoms with Crippen LogP contribution in [0.5, 0.6) is 0 Å². The summed E-state index contributed by atoms with van der Waals surface area (Å²) < 4.78 is 1.94. The summed E-state index contributed by atoms with van der Waals surface area (Å²) in [7, 11) is 0. The molecule has 2 saturated heterocycles. The average molecular weight is 341 g/mol. The summed E-state index contributed by atoms with van der Waals surface area (Å²) in [5, 5.41) is 2.85. The van der Waals surface area contributed by atoms with Gasteiger partial charge in [0.25, 0.3) is 0 Å². The number of hydrogen-bond donors (Lipinski definition) is 1. The number of urea groups is 1. The number of aromatic nitrogens is 2. The summed E-state index contributed by atoms with van der Waals surface area (Å²) in [6.07, 6.45) is 3.43. The van der Waals surface area contributed by atoms with Gasteiger partial charge in [0.1, 0.15) is 6.04 Å². The van der Waals surface area contributed by atoms with Gasteiger partial charge in [-0.2, -0.15) is 0 Å². The molecule has 0 unspecified atom stereocenters. The molecular formula is C18H23N5O2. The molecule has 1 N–H and O–H groups in total. The van der Waals surface area contributed by atoms with Gasteiger partial charge in [0.15, 0.2) is 0 Å². The van der Waals surface area contributed by atoms with Gasteiger partial charge in [-0.25, -0.2) is 9.78 Å². The van der Waals surface area contributed by atoms with E-state index >= 15 is 0 Å². The minimum absolute atomic E-state index is 0.0306. The highest BCUT2D eigenvalue weighted by atomic mass is 16.2. The third-order valence-corrected chi connectivity index (χ3v) is 5.36. The molecule has 25 heavy (non-hydrogen) atoms. The SMILES string of the molecule is C[C@@H](C(=O)N1CCC(N2CCNC2=O)CC1)n1cnc2ccccc21. The molecule has 1 aromatic carbocycles. The summed E-state index contributed by atoms with van der Waals surface area (Å²) >= 11 is 0. The van der Waals surface area contributed by atoms with E-state index in [1.54, 1.807) is 6.33 Å². The van der Waals surface area contributed by atoms with Crippen LogP contribution >= 0.6 is 0 Å². The van der Waals surface area contributed by atoms with Crippen LogP contribution in [-0.4, -0.2) is 63.5 Å². The predicted molar refractivity (Wildman–Crippen MR) is 94.2 cm³/mol. The maximum Gasteiger partial charge on any atom is 0.317 e. The number of likely N-dealkylation sites (tertiary alicyclic amines) is 1. The molecule has 132 valence electrons. The predicted octanol–water partition coefficient (Wildman–Crippen LogP) is 1.61. The largest absolute Gasteiger partial charge is 0.341 e. The Morgan fingerprint density at radius 3 is 2.72 bits per heavy atom. The molecule has 0 saturated carbocycles. The Morgan fingerprint density at radius 1 is 1.24 bits per heavy atom. The minimum atomic E-state index is -0.279. The fourth-order valence-corrected chi connectivity index (χ4v) is 3.90. The molecule has 2 aliphatic heterocycles. The van der Waals surface area contributed by atoms with Crippen molar-refractivity contribution in [1.82, 2.24) is 24.7 Å². The number of imidazole rings is 1. The Morgan fingerprint density at radius 2 is 2.00 bits per heavy atom. The van der Waals surface area contributed by atoms with E-state index in [0.717, 1.165) is 37.0 Å². The van der Waals surface area contributed by atoms with E-state index in [-0.39, 0.29) is 24.0 Å². The number of nitrogens with zero attached hydrogens (tertiary/aromatic N) is 4. The number of carbonyl (C=O) groups is 2. The van der Waals surface area contributed by atoms with E-state index < -0.39 is 0 Å². The summed E-state index contributed by atoms with van der Waals surface area (Å²) in [6, 6.07) is 7.85. The van der Waals surface area contributed by atoms with Crippen LogP contribution in [0.25, 0.3) is 11.0 Å². The molecule has 3 amide bonds. The van der Waals surface area contributed by atoms with Gasteiger partial charge in [0.05, 0.1) is 17.4 Å². The van der Waals surface area contributed by atoms with Crippen molar-refractivity contribution < 1.29 is 9.59 Å². The van der Waals surface area contributed by atoms with Crippen LogP contribution in [0.4, 0.5) is 4.79 Å². The zero-order valence-corrected chi connectivity index (χ0v) is 14.4. The lowest BCUT2D eigenvalue weighted by Gasteiger charge is -2.37. The first-order chi connectivity index (χ1) is 12.1. The fourth-order valence-electron chi connectivity index (χ4n) is 3.90. The molecule has 1 aromatic heterocycles. The highest BCUT2D eigenvalue weighted by Gasteiger charge is 2.33. The zero-order chi connectivity index (χ0) is 17.4. The summed E-state index contributed by atoms with van der Waals surface area (Å²) in [5.74, 6) is 0.118. The Labute approximate surface area is 146 Å². The molecule has 2 aromatic rings. The summed E-state index contributed by atoms with van der Waals surface area (Å²) in [5.41, 5.74) is 1.88. The molecule has 1 atom stereocenters. The molecule has 7 heteroatoms. The quantitative estimate of drug-likeness (QED) is 0.922. The molecule has 0 radical (unpaired) electrons. The van der Waals surface area contributed by atoms with Crippen molar-refractivity contribution in [2.24, 2.45) is 0 Å². The molecule has 0 bridgehead atoms. The first-order valence-electron chi connectivity index (χ1n) is 8.90. The lowest BCUT2D eigenvalue weighted by Crippen LogP contribution is -2.48. The van der Waals surface area contributed by atoms with Crippen LogP contribution in [0, 0.1) is 0 Å². The number of fused-ring (bicyclic) bond motifs is 1. The molecule has 2 fully saturated rings. The third-order valence-electron chi connectivity index (χ3n) is 5.36. The van der Waals surface area contributed by atoms with Crippen molar-refractivity contribution in [2.45, 2.75) is 31.8 Å². The van der Waals surface area contributed by atoms with Crippen LogP contribution in [0.15, 0.2) is 30.6 Å². The van der Waals surface area contributed by atoms with Crippen molar-refractivity contribution in [3.63, 3.8) is 0 Å². The highest BCUT2D eigenvalue weighted by Crippen LogP contribution is 2.23. The normalized spacial score (nSPS) is 20.1. The van der Waals surface area contributed by atoms with Gasteiger partial charge in [-0.1, -0.05) is 12.1 Å². The average Bonchev–Trinajstić information content (AvgIpc) is 3.27. The minimum Gasteiger partial charge on any atom is -0.341 e. The lowest BCUT2D eigenvalue weighted by atomic mass is 10.0. The zero-order valence-electron chi connectivity index (χ0n) is 14.4. The van der Waals surface area contributed by atoms with E-state index in [4.69, 9.17) is 0 Å². The first-order valence-corrected chi connectivity index (χ1v) is 8.90. The monoisotopic (exact) mass is 341 g/mol. The summed E-state index contributed by atoms with van der Waals surface area (Å²) in [6.45, 7) is 4.82. The Hall–Kier alpha value is -2.57. The van der Waals surface area contributed by atoms with Crippen molar-refractivity contribution in [3.05, 3.63) is 30.6 Å². The van der Waals surface area contributed by atoms with Gasteiger partial charge >= 0.3 is 6.03 Å². The second-order valence-corrected chi connectivity index (χ2v) is 6.80. The van der Waals surface area contributed by atoms with Gasteiger partial charge in [-0.3, -0.25) is 4.79 Å². The Bertz CT molecular complexity index is 794. The van der Waals surface area contributed by atoms with Crippen molar-refractivity contribution in [2.75, 3.05) is 26.2 Å². The maximum absolute atomic E-state index is 12.9. The van der Waals surface area contributed by atoms with Crippen LogP contribution in [0.1, 0.15) is 25.8 Å². The van der Waals surface area contributed by atoms with Crippen LogP contribution in [0.2, 0.25) is 0 Å². The third kappa shape index (κ3) is 2.83. The molecule has 3 heterocycles. The van der Waals surface area contributed by atoms with Crippen molar-refractivity contribution in [3.8, 4) is 0 Å². The van der Waals surface area contributed by atoms with Gasteiger partial charge in [-0.15, -0.1) is 0 Å². The van der Waals surface area contributed by atoms with Crippen LogP contribution in [-0.2, 0) is 4.79 Å². The summed E-state index contributed by atoms with van der Waals surface area (Å²) in [4.78, 5) is 32.9. The van der Waals surface area contributed by atoms with E-state index in [1.807, 2.05) is 45.6 Å². The van der Waals surface area contributed by atoms with Gasteiger partial charge in [0.2, 0.25) is 5.91 Å². The second kappa shape index (κ2) is 6.38. The number of rotatable bonds is 3. The molecule has 0 spiro atoms. The van der Waals surface area contributed by atoms with Gasteiger partial charge < -0.3 is 19.7 Å². The van der Waals surface area contributed by atoms with Gasteiger partial charge in [0, 0.05) is 32.2 Å². The molecule has 7 nitrogen and oxygen atoms in total.